The summed E-state index contributed by atoms with van der Waals surface area (Å²) in [5.41, 5.74) is 2.59. The smallest absolute Gasteiger partial charge is 0.274 e. The molecular formula is C17H20N6O. The number of carbonyl (C=O) groups is 1. The van der Waals surface area contributed by atoms with E-state index in [4.69, 9.17) is 0 Å². The highest BCUT2D eigenvalue weighted by atomic mass is 16.2. The van der Waals surface area contributed by atoms with E-state index in [0.29, 0.717) is 11.5 Å². The zero-order valence-corrected chi connectivity index (χ0v) is 13.9. The van der Waals surface area contributed by atoms with Gasteiger partial charge in [0.1, 0.15) is 5.69 Å². The summed E-state index contributed by atoms with van der Waals surface area (Å²) in [5, 5.41) is 4.52. The summed E-state index contributed by atoms with van der Waals surface area (Å²) in [4.78, 5) is 23.4. The van der Waals surface area contributed by atoms with Crippen LogP contribution in [-0.4, -0.2) is 47.5 Å². The highest BCUT2D eigenvalue weighted by molar-refractivity contribution is 5.93. The van der Waals surface area contributed by atoms with Crippen molar-refractivity contribution >= 4 is 11.7 Å². The number of imidazole rings is 1. The number of carbonyl (C=O) groups excluding carboxylic acids is 1. The first-order valence-corrected chi connectivity index (χ1v) is 8.23. The van der Waals surface area contributed by atoms with Crippen molar-refractivity contribution in [2.75, 3.05) is 6.54 Å². The van der Waals surface area contributed by atoms with Gasteiger partial charge in [-0.05, 0) is 38.8 Å². The Balaban J connectivity index is 1.57. The van der Waals surface area contributed by atoms with Gasteiger partial charge in [0.15, 0.2) is 0 Å². The number of hydrogen-bond donors (Lipinski definition) is 0. The summed E-state index contributed by atoms with van der Waals surface area (Å²) in [5.74, 6) is 0.527. The molecule has 4 rings (SSSR count). The summed E-state index contributed by atoms with van der Waals surface area (Å²) in [6.07, 6.45) is 7.29. The van der Waals surface area contributed by atoms with Crippen molar-refractivity contribution in [1.29, 1.82) is 0 Å². The van der Waals surface area contributed by atoms with Crippen LogP contribution in [0.25, 0.3) is 5.78 Å². The summed E-state index contributed by atoms with van der Waals surface area (Å²) in [7, 11) is 0. The summed E-state index contributed by atoms with van der Waals surface area (Å²) >= 11 is 0. The molecule has 1 aliphatic rings. The van der Waals surface area contributed by atoms with Crippen molar-refractivity contribution < 1.29 is 4.79 Å². The van der Waals surface area contributed by atoms with Crippen LogP contribution in [0, 0.1) is 13.8 Å². The molecule has 0 bridgehead atoms. The van der Waals surface area contributed by atoms with Crippen molar-refractivity contribution in [3.05, 3.63) is 47.8 Å². The highest BCUT2D eigenvalue weighted by Crippen LogP contribution is 2.22. The Morgan fingerprint density at radius 2 is 2.25 bits per heavy atom. The van der Waals surface area contributed by atoms with Gasteiger partial charge in [-0.2, -0.15) is 5.10 Å². The van der Waals surface area contributed by atoms with Gasteiger partial charge in [-0.25, -0.2) is 9.97 Å². The molecule has 1 saturated heterocycles. The van der Waals surface area contributed by atoms with Gasteiger partial charge in [0.05, 0.1) is 18.3 Å². The van der Waals surface area contributed by atoms with Gasteiger partial charge < -0.3 is 4.90 Å². The predicted octanol–water partition coefficient (Wildman–Crippen LogP) is 1.85. The van der Waals surface area contributed by atoms with Crippen molar-refractivity contribution in [1.82, 2.24) is 29.0 Å². The molecule has 0 N–H and O–H groups in total. The maximum Gasteiger partial charge on any atom is 0.274 e. The van der Waals surface area contributed by atoms with Crippen LogP contribution in [0.15, 0.2) is 30.7 Å². The molecule has 0 saturated carbocycles. The molecule has 1 aliphatic heterocycles. The average Bonchev–Trinajstić information content (AvgIpc) is 3.26. The van der Waals surface area contributed by atoms with E-state index in [9.17, 15) is 4.79 Å². The predicted molar refractivity (Wildman–Crippen MR) is 88.7 cm³/mol. The summed E-state index contributed by atoms with van der Waals surface area (Å²) in [6, 6.07) is 4.05. The number of likely N-dealkylation sites (tertiary alicyclic amines) is 1. The van der Waals surface area contributed by atoms with Crippen molar-refractivity contribution in [3.63, 3.8) is 0 Å². The van der Waals surface area contributed by atoms with E-state index in [1.54, 1.807) is 16.8 Å². The Kier molecular flexibility index (Phi) is 3.55. The lowest BCUT2D eigenvalue weighted by Gasteiger charge is -2.24. The molecule has 0 aliphatic carbocycles. The molecule has 1 amide bonds. The molecule has 4 heterocycles. The lowest BCUT2D eigenvalue weighted by atomic mass is 10.2. The van der Waals surface area contributed by atoms with Gasteiger partial charge in [-0.1, -0.05) is 0 Å². The number of rotatable bonds is 3. The third kappa shape index (κ3) is 2.55. The van der Waals surface area contributed by atoms with Crippen molar-refractivity contribution in [3.8, 4) is 0 Å². The molecule has 1 atom stereocenters. The zero-order chi connectivity index (χ0) is 16.7. The Morgan fingerprint density at radius 1 is 1.38 bits per heavy atom. The first-order valence-electron chi connectivity index (χ1n) is 8.23. The molecule has 7 nitrogen and oxygen atoms in total. The minimum Gasteiger partial charge on any atom is -0.332 e. The fourth-order valence-corrected chi connectivity index (χ4v) is 3.43. The quantitative estimate of drug-likeness (QED) is 0.737. The Bertz CT molecular complexity index is 863. The first kappa shape index (κ1) is 14.9. The number of amides is 1. The van der Waals surface area contributed by atoms with E-state index in [0.717, 1.165) is 37.3 Å². The minimum absolute atomic E-state index is 0.0236. The molecule has 7 heteroatoms. The fraction of sp³-hybridized carbons (Fsp3) is 0.412. The standard InChI is InChI=1S/C17H20N6O/c1-12-9-13(2)23(20-12)10-14-5-3-8-22(14)16(24)15-11-21-7-4-6-18-17(21)19-15/h4,6-7,9,11,14H,3,5,8,10H2,1-2H3. The third-order valence-corrected chi connectivity index (χ3v) is 4.58. The van der Waals surface area contributed by atoms with Crippen molar-refractivity contribution in [2.45, 2.75) is 39.3 Å². The molecule has 0 aromatic carbocycles. The number of nitrogens with zero attached hydrogens (tertiary/aromatic N) is 6. The molecular weight excluding hydrogens is 304 g/mol. The second-order valence-corrected chi connectivity index (χ2v) is 6.36. The summed E-state index contributed by atoms with van der Waals surface area (Å²) < 4.78 is 3.77. The minimum atomic E-state index is -0.0236. The molecule has 1 unspecified atom stereocenters. The van der Waals surface area contributed by atoms with Gasteiger partial charge in [-0.3, -0.25) is 13.9 Å². The molecule has 124 valence electrons. The Hall–Kier alpha value is -2.70. The first-order chi connectivity index (χ1) is 11.6. The Morgan fingerprint density at radius 3 is 3.00 bits per heavy atom. The monoisotopic (exact) mass is 324 g/mol. The van der Waals surface area contributed by atoms with Crippen LogP contribution in [0.1, 0.15) is 34.7 Å². The van der Waals surface area contributed by atoms with Gasteiger partial charge in [0.2, 0.25) is 5.78 Å². The maximum absolute atomic E-state index is 12.9. The van der Waals surface area contributed by atoms with Crippen molar-refractivity contribution in [2.24, 2.45) is 0 Å². The van der Waals surface area contributed by atoms with Gasteiger partial charge in [-0.15, -0.1) is 0 Å². The number of fused-ring (bicyclic) bond motifs is 1. The molecule has 3 aromatic heterocycles. The van der Waals surface area contributed by atoms with E-state index in [-0.39, 0.29) is 11.9 Å². The number of aromatic nitrogens is 5. The molecule has 0 spiro atoms. The lowest BCUT2D eigenvalue weighted by Crippen LogP contribution is -2.38. The van der Waals surface area contributed by atoms with Crippen LogP contribution < -0.4 is 0 Å². The maximum atomic E-state index is 12.9. The third-order valence-electron chi connectivity index (χ3n) is 4.58. The molecule has 1 fully saturated rings. The zero-order valence-electron chi connectivity index (χ0n) is 13.9. The SMILES string of the molecule is Cc1cc(C)n(CC2CCCN2C(=O)c2cn3cccnc3n2)n1. The van der Waals surface area contributed by atoms with Gasteiger partial charge >= 0.3 is 0 Å². The second-order valence-electron chi connectivity index (χ2n) is 6.36. The number of hydrogen-bond acceptors (Lipinski definition) is 4. The summed E-state index contributed by atoms with van der Waals surface area (Å²) in [6.45, 7) is 5.54. The van der Waals surface area contributed by atoms with Crippen LogP contribution >= 0.6 is 0 Å². The van der Waals surface area contributed by atoms with Crippen LogP contribution in [0.2, 0.25) is 0 Å². The van der Waals surface area contributed by atoms with E-state index in [1.165, 1.54) is 0 Å². The highest BCUT2D eigenvalue weighted by Gasteiger charge is 2.31. The molecule has 3 aromatic rings. The van der Waals surface area contributed by atoms with E-state index in [2.05, 4.69) is 28.1 Å². The average molecular weight is 324 g/mol. The van der Waals surface area contributed by atoms with Gasteiger partial charge in [0, 0.05) is 30.8 Å². The largest absolute Gasteiger partial charge is 0.332 e. The molecule has 0 radical (unpaired) electrons. The van der Waals surface area contributed by atoms with E-state index in [1.807, 2.05) is 28.8 Å². The Labute approximate surface area is 139 Å². The van der Waals surface area contributed by atoms with E-state index >= 15 is 0 Å². The van der Waals surface area contributed by atoms with Crippen LogP contribution in [0.3, 0.4) is 0 Å². The fourth-order valence-electron chi connectivity index (χ4n) is 3.43. The van der Waals surface area contributed by atoms with Crippen LogP contribution in [0.4, 0.5) is 0 Å². The van der Waals surface area contributed by atoms with Crippen LogP contribution in [-0.2, 0) is 6.54 Å². The second kappa shape index (κ2) is 5.74. The normalized spacial score (nSPS) is 17.8. The van der Waals surface area contributed by atoms with Gasteiger partial charge in [0.25, 0.3) is 5.91 Å². The number of aryl methyl sites for hydroxylation is 2. The topological polar surface area (TPSA) is 68.3 Å². The lowest BCUT2D eigenvalue weighted by molar-refractivity contribution is 0.0715. The van der Waals surface area contributed by atoms with E-state index < -0.39 is 0 Å². The molecule has 24 heavy (non-hydrogen) atoms. The van der Waals surface area contributed by atoms with Crippen LogP contribution in [0.5, 0.6) is 0 Å².